The van der Waals surface area contributed by atoms with Crippen molar-refractivity contribution < 1.29 is 18.1 Å². The molecule has 0 aliphatic carbocycles. The normalized spacial score (nSPS) is 16.5. The van der Waals surface area contributed by atoms with E-state index >= 15 is 0 Å². The zero-order chi connectivity index (χ0) is 19.0. The molecule has 6 nitrogen and oxygen atoms in total. The van der Waals surface area contributed by atoms with Crippen molar-refractivity contribution in [2.75, 3.05) is 39.3 Å². The number of unbranched alkanes of at least 4 members (excludes halogenated alkanes) is 3. The van der Waals surface area contributed by atoms with E-state index in [0.29, 0.717) is 37.7 Å². The molecular formula is C18H29ClN3O3S+. The summed E-state index contributed by atoms with van der Waals surface area (Å²) in [5.41, 5.74) is 0. The fourth-order valence-corrected chi connectivity index (χ4v) is 4.81. The first-order valence-electron chi connectivity index (χ1n) is 9.29. The van der Waals surface area contributed by atoms with Crippen LogP contribution in [-0.2, 0) is 14.8 Å². The van der Waals surface area contributed by atoms with E-state index in [1.54, 1.807) is 18.2 Å². The summed E-state index contributed by atoms with van der Waals surface area (Å²) in [5.74, 6) is 0.0441. The summed E-state index contributed by atoms with van der Waals surface area (Å²) in [4.78, 5) is 13.3. The molecule has 0 aromatic heterocycles. The molecule has 2 rings (SSSR count). The van der Waals surface area contributed by atoms with Crippen LogP contribution in [0, 0.1) is 0 Å². The van der Waals surface area contributed by atoms with Gasteiger partial charge >= 0.3 is 0 Å². The van der Waals surface area contributed by atoms with Gasteiger partial charge in [-0.1, -0.05) is 43.9 Å². The predicted octanol–water partition coefficient (Wildman–Crippen LogP) is 0.926. The second-order valence-electron chi connectivity index (χ2n) is 6.70. The quantitative estimate of drug-likeness (QED) is 0.603. The van der Waals surface area contributed by atoms with Crippen molar-refractivity contribution in [3.8, 4) is 0 Å². The Morgan fingerprint density at radius 2 is 1.96 bits per heavy atom. The number of quaternary nitrogens is 1. The number of benzene rings is 1. The molecule has 0 unspecified atom stereocenters. The van der Waals surface area contributed by atoms with E-state index in [1.165, 1.54) is 23.2 Å². The fourth-order valence-electron chi connectivity index (χ4n) is 3.07. The topological polar surface area (TPSA) is 70.9 Å². The Labute approximate surface area is 161 Å². The third-order valence-electron chi connectivity index (χ3n) is 4.63. The molecule has 0 radical (unpaired) electrons. The molecule has 0 bridgehead atoms. The second-order valence-corrected chi connectivity index (χ2v) is 9.07. The van der Waals surface area contributed by atoms with Crippen LogP contribution in [0.25, 0.3) is 0 Å². The monoisotopic (exact) mass is 402 g/mol. The SMILES string of the molecule is CCCCCCNC(=O)C[NH+]1CCN(S(=O)(=O)c2cccc(Cl)c2)CC1. The highest BCUT2D eigenvalue weighted by Gasteiger charge is 2.31. The van der Waals surface area contributed by atoms with Crippen molar-refractivity contribution in [3.63, 3.8) is 0 Å². The van der Waals surface area contributed by atoms with Crippen molar-refractivity contribution in [1.29, 1.82) is 0 Å². The standard InChI is InChI=1S/C18H28ClN3O3S/c1-2-3-4-5-9-20-18(23)15-21-10-12-22(13-11-21)26(24,25)17-8-6-7-16(19)14-17/h6-8,14H,2-5,9-13,15H2,1H3,(H,20,23)/p+1. The average molecular weight is 403 g/mol. The Bertz CT molecular complexity index is 689. The van der Waals surface area contributed by atoms with Gasteiger partial charge in [-0.25, -0.2) is 8.42 Å². The zero-order valence-electron chi connectivity index (χ0n) is 15.3. The molecule has 146 valence electrons. The van der Waals surface area contributed by atoms with Crippen molar-refractivity contribution in [1.82, 2.24) is 9.62 Å². The van der Waals surface area contributed by atoms with Crippen LogP contribution in [-0.4, -0.2) is 57.9 Å². The Morgan fingerprint density at radius 3 is 2.62 bits per heavy atom. The molecule has 0 spiro atoms. The lowest BCUT2D eigenvalue weighted by Gasteiger charge is -2.31. The van der Waals surface area contributed by atoms with Crippen LogP contribution in [0.2, 0.25) is 5.02 Å². The van der Waals surface area contributed by atoms with Crippen molar-refractivity contribution >= 4 is 27.5 Å². The van der Waals surface area contributed by atoms with E-state index in [0.717, 1.165) is 24.3 Å². The van der Waals surface area contributed by atoms with Crippen LogP contribution in [0.4, 0.5) is 0 Å². The largest absolute Gasteiger partial charge is 0.351 e. The summed E-state index contributed by atoms with van der Waals surface area (Å²) in [7, 11) is -3.52. The van der Waals surface area contributed by atoms with Gasteiger partial charge in [-0.3, -0.25) is 4.79 Å². The first-order valence-corrected chi connectivity index (χ1v) is 11.1. The predicted molar refractivity (Wildman–Crippen MR) is 103 cm³/mol. The number of rotatable bonds is 9. The average Bonchev–Trinajstić information content (AvgIpc) is 2.62. The Hall–Kier alpha value is -1.15. The maximum atomic E-state index is 12.7. The van der Waals surface area contributed by atoms with Crippen molar-refractivity contribution in [2.45, 2.75) is 37.5 Å². The number of amides is 1. The van der Waals surface area contributed by atoms with Crippen LogP contribution >= 0.6 is 11.6 Å². The molecule has 1 saturated heterocycles. The van der Waals surface area contributed by atoms with Gasteiger partial charge in [-0.15, -0.1) is 0 Å². The number of nitrogens with zero attached hydrogens (tertiary/aromatic N) is 1. The summed E-state index contributed by atoms with van der Waals surface area (Å²) in [6, 6.07) is 6.33. The molecule has 1 aliphatic rings. The highest BCUT2D eigenvalue weighted by atomic mass is 35.5. The molecule has 0 saturated carbocycles. The number of hydrogen-bond acceptors (Lipinski definition) is 3. The van der Waals surface area contributed by atoms with Gasteiger partial charge in [-0.2, -0.15) is 4.31 Å². The van der Waals surface area contributed by atoms with E-state index in [9.17, 15) is 13.2 Å². The Kier molecular flexibility index (Phi) is 8.34. The van der Waals surface area contributed by atoms with E-state index in [1.807, 2.05) is 0 Å². The molecular weight excluding hydrogens is 374 g/mol. The minimum Gasteiger partial charge on any atom is -0.351 e. The van der Waals surface area contributed by atoms with Gasteiger partial charge in [0.05, 0.1) is 31.1 Å². The zero-order valence-corrected chi connectivity index (χ0v) is 16.9. The lowest BCUT2D eigenvalue weighted by molar-refractivity contribution is -0.895. The number of piperazine rings is 1. The minimum atomic E-state index is -3.52. The first-order chi connectivity index (χ1) is 12.4. The lowest BCUT2D eigenvalue weighted by Crippen LogP contribution is -3.15. The maximum Gasteiger partial charge on any atom is 0.275 e. The van der Waals surface area contributed by atoms with E-state index < -0.39 is 10.0 Å². The molecule has 0 atom stereocenters. The maximum absolute atomic E-state index is 12.7. The number of halogens is 1. The summed E-state index contributed by atoms with van der Waals surface area (Å²) >= 11 is 5.91. The molecule has 2 N–H and O–H groups in total. The lowest BCUT2D eigenvalue weighted by atomic mass is 10.2. The van der Waals surface area contributed by atoms with Gasteiger partial charge in [-0.05, 0) is 24.6 Å². The van der Waals surface area contributed by atoms with Gasteiger partial charge in [0.2, 0.25) is 10.0 Å². The third-order valence-corrected chi connectivity index (χ3v) is 6.76. The second kappa shape index (κ2) is 10.3. The summed E-state index contributed by atoms with van der Waals surface area (Å²) < 4.78 is 26.8. The van der Waals surface area contributed by atoms with Crippen LogP contribution in [0.15, 0.2) is 29.2 Å². The van der Waals surface area contributed by atoms with Crippen LogP contribution < -0.4 is 10.2 Å². The number of nitrogens with one attached hydrogen (secondary N) is 2. The molecule has 1 amide bonds. The van der Waals surface area contributed by atoms with Crippen LogP contribution in [0.1, 0.15) is 32.6 Å². The van der Waals surface area contributed by atoms with Gasteiger partial charge in [0.15, 0.2) is 6.54 Å². The molecule has 8 heteroatoms. The van der Waals surface area contributed by atoms with E-state index in [2.05, 4.69) is 12.2 Å². The number of hydrogen-bond donors (Lipinski definition) is 2. The summed E-state index contributed by atoms with van der Waals surface area (Å²) in [5, 5.41) is 3.36. The van der Waals surface area contributed by atoms with E-state index in [4.69, 9.17) is 11.6 Å². The van der Waals surface area contributed by atoms with E-state index in [-0.39, 0.29) is 10.8 Å². The fraction of sp³-hybridized carbons (Fsp3) is 0.611. The summed E-state index contributed by atoms with van der Waals surface area (Å²) in [6.07, 6.45) is 4.54. The minimum absolute atomic E-state index is 0.0441. The molecule has 1 fully saturated rings. The molecule has 1 heterocycles. The first kappa shape index (κ1) is 21.2. The third kappa shape index (κ3) is 6.23. The van der Waals surface area contributed by atoms with Gasteiger partial charge < -0.3 is 10.2 Å². The van der Waals surface area contributed by atoms with Gasteiger partial charge in [0.25, 0.3) is 5.91 Å². The van der Waals surface area contributed by atoms with Crippen LogP contribution in [0.5, 0.6) is 0 Å². The number of carbonyl (C=O) groups is 1. The van der Waals surface area contributed by atoms with Gasteiger partial charge in [0, 0.05) is 11.6 Å². The number of sulfonamides is 1. The molecule has 26 heavy (non-hydrogen) atoms. The molecule has 1 aromatic carbocycles. The van der Waals surface area contributed by atoms with Crippen molar-refractivity contribution in [2.24, 2.45) is 0 Å². The highest BCUT2D eigenvalue weighted by Crippen LogP contribution is 2.19. The molecule has 1 aromatic rings. The highest BCUT2D eigenvalue weighted by molar-refractivity contribution is 7.89. The Morgan fingerprint density at radius 1 is 1.23 bits per heavy atom. The number of carbonyl (C=O) groups excluding carboxylic acids is 1. The molecule has 1 aliphatic heterocycles. The Balaban J connectivity index is 1.77. The van der Waals surface area contributed by atoms with Gasteiger partial charge in [0.1, 0.15) is 0 Å². The summed E-state index contributed by atoms with van der Waals surface area (Å²) in [6.45, 7) is 5.36. The van der Waals surface area contributed by atoms with Crippen molar-refractivity contribution in [3.05, 3.63) is 29.3 Å². The van der Waals surface area contributed by atoms with Crippen LogP contribution in [0.3, 0.4) is 0 Å². The smallest absolute Gasteiger partial charge is 0.275 e.